The smallest absolute Gasteiger partial charge is 0.277 e. The average Bonchev–Trinajstić information content (AvgIpc) is 3.16. The summed E-state index contributed by atoms with van der Waals surface area (Å²) in [5.74, 6) is 0.464. The number of hydrogen-bond acceptors (Lipinski definition) is 8. The van der Waals surface area contributed by atoms with Crippen LogP contribution in [0.4, 0.5) is 11.4 Å². The van der Waals surface area contributed by atoms with Crippen LogP contribution in [0.15, 0.2) is 46.1 Å². The summed E-state index contributed by atoms with van der Waals surface area (Å²) >= 11 is 0. The summed E-state index contributed by atoms with van der Waals surface area (Å²) in [6.07, 6.45) is 1.42. The number of benzene rings is 2. The molecule has 0 amide bonds. The number of nitrogens with one attached hydrogen (secondary N) is 2. The van der Waals surface area contributed by atoms with Crippen LogP contribution in [0.3, 0.4) is 0 Å². The maximum absolute atomic E-state index is 13.3. The predicted molar refractivity (Wildman–Crippen MR) is 138 cm³/mol. The van der Waals surface area contributed by atoms with Crippen LogP contribution < -0.4 is 15.0 Å². The lowest BCUT2D eigenvalue weighted by Crippen LogP contribution is -2.15. The van der Waals surface area contributed by atoms with Crippen molar-refractivity contribution in [3.8, 4) is 17.1 Å². The zero-order valence-electron chi connectivity index (χ0n) is 20.7. The van der Waals surface area contributed by atoms with Crippen molar-refractivity contribution in [1.82, 2.24) is 19.7 Å². The van der Waals surface area contributed by atoms with Gasteiger partial charge in [0.1, 0.15) is 17.1 Å². The maximum atomic E-state index is 13.3. The van der Waals surface area contributed by atoms with Gasteiger partial charge in [0.25, 0.3) is 21.3 Å². The van der Waals surface area contributed by atoms with Crippen molar-refractivity contribution in [1.29, 1.82) is 0 Å². The summed E-state index contributed by atoms with van der Waals surface area (Å²) < 4.78 is 36.2. The van der Waals surface area contributed by atoms with Gasteiger partial charge in [-0.2, -0.15) is 5.10 Å². The van der Waals surface area contributed by atoms with Gasteiger partial charge in [0, 0.05) is 19.2 Å². The monoisotopic (exact) mass is 526 g/mol. The van der Waals surface area contributed by atoms with E-state index >= 15 is 0 Å². The van der Waals surface area contributed by atoms with Gasteiger partial charge in [-0.05, 0) is 44.0 Å². The molecule has 0 aliphatic carbocycles. The molecule has 0 fully saturated rings. The Kier molecular flexibility index (Phi) is 6.99. The molecule has 13 heteroatoms. The molecule has 2 heterocycles. The Balaban J connectivity index is 1.85. The number of aryl methyl sites for hydroxylation is 3. The van der Waals surface area contributed by atoms with E-state index in [0.717, 1.165) is 12.5 Å². The molecular weight excluding hydrogens is 500 g/mol. The Labute approximate surface area is 212 Å². The summed E-state index contributed by atoms with van der Waals surface area (Å²) in [5, 5.41) is 15.6. The number of rotatable bonds is 9. The van der Waals surface area contributed by atoms with Crippen molar-refractivity contribution in [2.75, 3.05) is 11.3 Å². The van der Waals surface area contributed by atoms with E-state index < -0.39 is 20.5 Å². The highest BCUT2D eigenvalue weighted by atomic mass is 32.2. The number of nitrogens with zero attached hydrogens (tertiary/aromatic N) is 4. The van der Waals surface area contributed by atoms with Crippen molar-refractivity contribution >= 4 is 32.4 Å². The molecule has 0 atom stereocenters. The molecule has 0 aliphatic rings. The van der Waals surface area contributed by atoms with Crippen LogP contribution in [0.1, 0.15) is 31.5 Å². The molecule has 0 saturated carbocycles. The number of aromatic nitrogens is 4. The molecule has 12 nitrogen and oxygen atoms in total. The number of fused-ring (bicyclic) bond motifs is 1. The molecule has 0 bridgehead atoms. The number of ether oxygens (including phenoxy) is 1. The number of anilines is 1. The van der Waals surface area contributed by atoms with E-state index in [-0.39, 0.29) is 27.7 Å². The fourth-order valence-electron chi connectivity index (χ4n) is 3.96. The fourth-order valence-corrected chi connectivity index (χ4v) is 5.11. The number of aromatic amines is 1. The van der Waals surface area contributed by atoms with Crippen molar-refractivity contribution in [3.05, 3.63) is 68.1 Å². The normalized spacial score (nSPS) is 11.6. The molecule has 2 aromatic heterocycles. The molecule has 0 radical (unpaired) electrons. The van der Waals surface area contributed by atoms with Gasteiger partial charge < -0.3 is 9.72 Å². The minimum atomic E-state index is -4.17. The third-order valence-electron chi connectivity index (χ3n) is 5.74. The highest BCUT2D eigenvalue weighted by molar-refractivity contribution is 7.92. The van der Waals surface area contributed by atoms with Gasteiger partial charge in [-0.25, -0.2) is 13.4 Å². The zero-order valence-corrected chi connectivity index (χ0v) is 21.5. The van der Waals surface area contributed by atoms with Crippen molar-refractivity contribution in [3.63, 3.8) is 0 Å². The Bertz CT molecular complexity index is 1680. The second-order valence-corrected chi connectivity index (χ2v) is 10.1. The Morgan fingerprint density at radius 1 is 1.19 bits per heavy atom. The van der Waals surface area contributed by atoms with Crippen LogP contribution in [-0.4, -0.2) is 39.7 Å². The van der Waals surface area contributed by atoms with Gasteiger partial charge in [-0.3, -0.25) is 24.3 Å². The molecule has 37 heavy (non-hydrogen) atoms. The van der Waals surface area contributed by atoms with Crippen molar-refractivity contribution in [2.24, 2.45) is 7.05 Å². The van der Waals surface area contributed by atoms with Crippen LogP contribution in [0.25, 0.3) is 22.4 Å². The second kappa shape index (κ2) is 10.0. The number of nitro benzene ring substituents is 1. The first-order valence-electron chi connectivity index (χ1n) is 11.6. The summed E-state index contributed by atoms with van der Waals surface area (Å²) in [4.78, 5) is 30.7. The van der Waals surface area contributed by atoms with E-state index in [9.17, 15) is 23.3 Å². The second-order valence-electron chi connectivity index (χ2n) is 8.38. The van der Waals surface area contributed by atoms with Gasteiger partial charge in [-0.1, -0.05) is 19.4 Å². The van der Waals surface area contributed by atoms with Gasteiger partial charge in [0.05, 0.1) is 33.4 Å². The minimum Gasteiger partial charge on any atom is -0.493 e. The van der Waals surface area contributed by atoms with E-state index in [4.69, 9.17) is 4.74 Å². The molecule has 2 N–H and O–H groups in total. The quantitative estimate of drug-likeness (QED) is 0.246. The number of nitro groups is 1. The first-order chi connectivity index (χ1) is 17.6. The SMILES string of the molecule is CCCc1nn(C)c2c(=O)[nH]c(-c3cc(S(=O)(=O)Nc4cc([N+](=O)[O-])ccc4C)ccc3OCC)nc12. The lowest BCUT2D eigenvalue weighted by atomic mass is 10.1. The van der Waals surface area contributed by atoms with Gasteiger partial charge in [-0.15, -0.1) is 0 Å². The average molecular weight is 527 g/mol. The molecule has 4 rings (SSSR count). The van der Waals surface area contributed by atoms with Crippen LogP contribution in [-0.2, 0) is 23.5 Å². The highest BCUT2D eigenvalue weighted by Gasteiger charge is 2.22. The van der Waals surface area contributed by atoms with Gasteiger partial charge in [0.2, 0.25) is 0 Å². The molecule has 2 aromatic carbocycles. The molecule has 0 unspecified atom stereocenters. The number of sulfonamides is 1. The third kappa shape index (κ3) is 5.03. The third-order valence-corrected chi connectivity index (χ3v) is 7.11. The molecule has 4 aromatic rings. The van der Waals surface area contributed by atoms with E-state index in [1.807, 2.05) is 6.92 Å². The van der Waals surface area contributed by atoms with Gasteiger partial charge >= 0.3 is 0 Å². The van der Waals surface area contributed by atoms with Crippen LogP contribution >= 0.6 is 0 Å². The number of H-pyrrole nitrogens is 1. The predicted octanol–water partition coefficient (Wildman–Crippen LogP) is 3.69. The lowest BCUT2D eigenvalue weighted by Gasteiger charge is -2.14. The first kappa shape index (κ1) is 25.8. The number of non-ortho nitro benzene ring substituents is 1. The summed E-state index contributed by atoms with van der Waals surface area (Å²) in [6.45, 7) is 5.70. The van der Waals surface area contributed by atoms with Gasteiger partial charge in [0.15, 0.2) is 5.52 Å². The van der Waals surface area contributed by atoms with E-state index in [1.54, 1.807) is 20.9 Å². The standard InChI is InChI=1S/C24H26N6O6S/c1-5-7-18-21-22(29(4)27-18)24(31)26-23(25-21)17-13-16(10-11-20(17)36-6-2)37(34,35)28-19-12-15(30(32)33)9-8-14(19)3/h8-13,28H,5-7H2,1-4H3,(H,25,26,31). The lowest BCUT2D eigenvalue weighted by molar-refractivity contribution is -0.384. The molecule has 194 valence electrons. The molecule has 0 saturated heterocycles. The summed E-state index contributed by atoms with van der Waals surface area (Å²) in [5.41, 5.74) is 1.61. The maximum Gasteiger partial charge on any atom is 0.277 e. The van der Waals surface area contributed by atoms with Crippen LogP contribution in [0.2, 0.25) is 0 Å². The Hall–Kier alpha value is -4.26. The fraction of sp³-hybridized carbons (Fsp3) is 0.292. The van der Waals surface area contributed by atoms with E-state index in [1.165, 1.54) is 35.0 Å². The Morgan fingerprint density at radius 3 is 2.62 bits per heavy atom. The topological polar surface area (TPSA) is 162 Å². The minimum absolute atomic E-state index is 0.0807. The Morgan fingerprint density at radius 2 is 1.95 bits per heavy atom. The summed E-state index contributed by atoms with van der Waals surface area (Å²) in [6, 6.07) is 8.10. The van der Waals surface area contributed by atoms with Crippen molar-refractivity contribution < 1.29 is 18.1 Å². The highest BCUT2D eigenvalue weighted by Crippen LogP contribution is 2.32. The first-order valence-corrected chi connectivity index (χ1v) is 13.0. The zero-order chi connectivity index (χ0) is 26.9. The van der Waals surface area contributed by atoms with Crippen LogP contribution in [0, 0.1) is 17.0 Å². The van der Waals surface area contributed by atoms with Crippen molar-refractivity contribution in [2.45, 2.75) is 38.5 Å². The molecule has 0 aliphatic heterocycles. The van der Waals surface area contributed by atoms with E-state index in [2.05, 4.69) is 19.8 Å². The van der Waals surface area contributed by atoms with Crippen LogP contribution in [0.5, 0.6) is 5.75 Å². The molecule has 0 spiro atoms. The van der Waals surface area contributed by atoms with E-state index in [0.29, 0.717) is 41.1 Å². The summed E-state index contributed by atoms with van der Waals surface area (Å²) in [7, 11) is -2.51. The number of hydrogen-bond donors (Lipinski definition) is 2. The molecular formula is C24H26N6O6S. The largest absolute Gasteiger partial charge is 0.493 e.